The molecule has 1 atom stereocenters. The molecule has 0 heterocycles. The SMILES string of the molecule is CO/N=C(\COc1ccc(COC(C)O/N=C/C(=O)O)cc1)c1ccccc1. The number of nitrogens with zero attached hydrogens (tertiary/aromatic N) is 2. The largest absolute Gasteiger partial charge is 0.487 e. The highest BCUT2D eigenvalue weighted by Gasteiger charge is 2.07. The number of benzene rings is 2. The molecule has 8 heteroatoms. The quantitative estimate of drug-likeness (QED) is 0.362. The van der Waals surface area contributed by atoms with Crippen LogP contribution in [0.5, 0.6) is 5.75 Å². The monoisotopic (exact) mass is 386 g/mol. The number of rotatable bonds is 11. The Labute approximate surface area is 163 Å². The Kier molecular flexibility index (Phi) is 8.48. The predicted octanol–water partition coefficient (Wildman–Crippen LogP) is 3.07. The van der Waals surface area contributed by atoms with Crippen molar-refractivity contribution in [1.29, 1.82) is 0 Å². The summed E-state index contributed by atoms with van der Waals surface area (Å²) in [7, 11) is 1.50. The molecule has 0 saturated heterocycles. The van der Waals surface area contributed by atoms with Crippen LogP contribution in [-0.2, 0) is 25.8 Å². The molecule has 0 aromatic heterocycles. The lowest BCUT2D eigenvalue weighted by atomic mass is 10.1. The molecule has 28 heavy (non-hydrogen) atoms. The van der Waals surface area contributed by atoms with E-state index in [0.717, 1.165) is 11.1 Å². The van der Waals surface area contributed by atoms with Crippen molar-refractivity contribution < 1.29 is 29.0 Å². The first-order valence-corrected chi connectivity index (χ1v) is 8.49. The lowest BCUT2D eigenvalue weighted by molar-refractivity contribution is -0.139. The molecule has 0 bridgehead atoms. The smallest absolute Gasteiger partial charge is 0.350 e. The summed E-state index contributed by atoms with van der Waals surface area (Å²) in [4.78, 5) is 20.1. The van der Waals surface area contributed by atoms with E-state index < -0.39 is 12.3 Å². The fraction of sp³-hybridized carbons (Fsp3) is 0.250. The third-order valence-corrected chi connectivity index (χ3v) is 3.46. The molecule has 0 aliphatic rings. The Morgan fingerprint density at radius 1 is 1.14 bits per heavy atom. The second-order valence-corrected chi connectivity index (χ2v) is 5.58. The summed E-state index contributed by atoms with van der Waals surface area (Å²) in [6.45, 7) is 2.17. The van der Waals surface area contributed by atoms with Crippen molar-refractivity contribution >= 4 is 17.9 Å². The zero-order chi connectivity index (χ0) is 20.2. The number of carboxylic acids is 1. The molecule has 2 aromatic rings. The van der Waals surface area contributed by atoms with Crippen molar-refractivity contribution in [2.24, 2.45) is 10.3 Å². The summed E-state index contributed by atoms with van der Waals surface area (Å²) < 4.78 is 11.2. The molecular weight excluding hydrogens is 364 g/mol. The van der Waals surface area contributed by atoms with Gasteiger partial charge in [-0.2, -0.15) is 0 Å². The van der Waals surface area contributed by atoms with Gasteiger partial charge >= 0.3 is 5.97 Å². The summed E-state index contributed by atoms with van der Waals surface area (Å²) in [5.74, 6) is -0.507. The van der Waals surface area contributed by atoms with Crippen LogP contribution in [0.25, 0.3) is 0 Å². The molecule has 0 fully saturated rings. The van der Waals surface area contributed by atoms with Crippen LogP contribution < -0.4 is 4.74 Å². The van der Waals surface area contributed by atoms with Gasteiger partial charge in [0.1, 0.15) is 25.2 Å². The molecule has 0 spiro atoms. The standard InChI is InChI=1S/C20H22N2O6/c1-15(28-21-12-20(23)24)26-13-16-8-10-18(11-9-16)27-14-19(22-25-2)17-6-4-3-5-7-17/h3-12,15H,13-14H2,1-2H3,(H,23,24)/b21-12+,22-19+. The van der Waals surface area contributed by atoms with Gasteiger partial charge in [-0.15, -0.1) is 0 Å². The third kappa shape index (κ3) is 7.46. The van der Waals surface area contributed by atoms with Gasteiger partial charge < -0.3 is 24.3 Å². The van der Waals surface area contributed by atoms with Gasteiger partial charge in [-0.1, -0.05) is 52.8 Å². The van der Waals surface area contributed by atoms with E-state index in [4.69, 9.17) is 24.3 Å². The molecule has 0 saturated carbocycles. The van der Waals surface area contributed by atoms with Crippen molar-refractivity contribution in [1.82, 2.24) is 0 Å². The summed E-state index contributed by atoms with van der Waals surface area (Å²) in [5, 5.41) is 15.7. The molecule has 0 aliphatic heterocycles. The van der Waals surface area contributed by atoms with Gasteiger partial charge in [0.15, 0.2) is 6.21 Å². The number of aliphatic carboxylic acids is 1. The topological polar surface area (TPSA) is 98.9 Å². The Hall–Kier alpha value is -3.39. The van der Waals surface area contributed by atoms with Crippen LogP contribution in [0.15, 0.2) is 64.9 Å². The Morgan fingerprint density at radius 3 is 2.50 bits per heavy atom. The number of hydrogen-bond acceptors (Lipinski definition) is 7. The second kappa shape index (κ2) is 11.3. The molecule has 8 nitrogen and oxygen atoms in total. The minimum atomic E-state index is -1.19. The minimum absolute atomic E-state index is 0.264. The average molecular weight is 386 g/mol. The lowest BCUT2D eigenvalue weighted by Gasteiger charge is -2.12. The zero-order valence-corrected chi connectivity index (χ0v) is 15.6. The van der Waals surface area contributed by atoms with E-state index in [0.29, 0.717) is 17.7 Å². The first kappa shape index (κ1) is 20.9. The van der Waals surface area contributed by atoms with Gasteiger partial charge in [0.05, 0.1) is 6.61 Å². The van der Waals surface area contributed by atoms with Crippen LogP contribution in [0, 0.1) is 0 Å². The van der Waals surface area contributed by atoms with Gasteiger partial charge in [0, 0.05) is 12.5 Å². The number of oxime groups is 2. The van der Waals surface area contributed by atoms with E-state index in [1.807, 2.05) is 54.6 Å². The van der Waals surface area contributed by atoms with E-state index in [9.17, 15) is 4.79 Å². The first-order chi connectivity index (χ1) is 13.6. The number of hydrogen-bond donors (Lipinski definition) is 1. The van der Waals surface area contributed by atoms with Crippen molar-refractivity contribution in [3.05, 3.63) is 65.7 Å². The van der Waals surface area contributed by atoms with Crippen molar-refractivity contribution in [3.63, 3.8) is 0 Å². The van der Waals surface area contributed by atoms with Crippen LogP contribution in [0.2, 0.25) is 0 Å². The zero-order valence-electron chi connectivity index (χ0n) is 15.6. The van der Waals surface area contributed by atoms with Crippen LogP contribution >= 0.6 is 0 Å². The highest BCUT2D eigenvalue weighted by molar-refractivity contribution is 6.21. The summed E-state index contributed by atoms with van der Waals surface area (Å²) in [5.41, 5.74) is 2.51. The Morgan fingerprint density at radius 2 is 1.86 bits per heavy atom. The Bertz CT molecular complexity index is 790. The molecule has 1 unspecified atom stereocenters. The van der Waals surface area contributed by atoms with Crippen LogP contribution in [0.4, 0.5) is 0 Å². The van der Waals surface area contributed by atoms with E-state index in [-0.39, 0.29) is 13.2 Å². The van der Waals surface area contributed by atoms with Crippen molar-refractivity contribution in [2.75, 3.05) is 13.7 Å². The highest BCUT2D eigenvalue weighted by Crippen LogP contribution is 2.14. The summed E-state index contributed by atoms with van der Waals surface area (Å²) in [6, 6.07) is 17.0. The molecule has 2 aromatic carbocycles. The molecular formula is C20H22N2O6. The maximum Gasteiger partial charge on any atom is 0.350 e. The van der Waals surface area contributed by atoms with Gasteiger partial charge in [0.25, 0.3) is 0 Å². The molecule has 1 N–H and O–H groups in total. The number of carbonyl (C=O) groups is 1. The molecule has 0 aliphatic carbocycles. The fourth-order valence-electron chi connectivity index (χ4n) is 2.14. The number of carboxylic acid groups (broad SMARTS) is 1. The van der Waals surface area contributed by atoms with E-state index in [1.165, 1.54) is 7.11 Å². The third-order valence-electron chi connectivity index (χ3n) is 3.46. The maximum absolute atomic E-state index is 10.3. The highest BCUT2D eigenvalue weighted by atomic mass is 16.8. The van der Waals surface area contributed by atoms with Gasteiger partial charge in [-0.05, 0) is 17.7 Å². The van der Waals surface area contributed by atoms with Gasteiger partial charge in [-0.25, -0.2) is 4.79 Å². The summed E-state index contributed by atoms with van der Waals surface area (Å²) in [6.07, 6.45) is -0.0204. The van der Waals surface area contributed by atoms with Gasteiger partial charge in [0.2, 0.25) is 6.29 Å². The Balaban J connectivity index is 1.83. The fourth-order valence-corrected chi connectivity index (χ4v) is 2.14. The summed E-state index contributed by atoms with van der Waals surface area (Å²) >= 11 is 0. The maximum atomic E-state index is 10.3. The lowest BCUT2D eigenvalue weighted by Crippen LogP contribution is -2.13. The van der Waals surface area contributed by atoms with Crippen LogP contribution in [0.3, 0.4) is 0 Å². The molecule has 148 valence electrons. The van der Waals surface area contributed by atoms with E-state index >= 15 is 0 Å². The number of ether oxygens (including phenoxy) is 2. The van der Waals surface area contributed by atoms with E-state index in [1.54, 1.807) is 6.92 Å². The van der Waals surface area contributed by atoms with Crippen molar-refractivity contribution in [3.8, 4) is 5.75 Å². The van der Waals surface area contributed by atoms with Crippen molar-refractivity contribution in [2.45, 2.75) is 19.8 Å². The second-order valence-electron chi connectivity index (χ2n) is 5.58. The predicted molar refractivity (Wildman–Crippen MR) is 103 cm³/mol. The molecule has 2 rings (SSSR count). The van der Waals surface area contributed by atoms with Crippen LogP contribution in [-0.4, -0.2) is 43.0 Å². The van der Waals surface area contributed by atoms with Gasteiger partial charge in [-0.3, -0.25) is 0 Å². The first-order valence-electron chi connectivity index (χ1n) is 8.49. The minimum Gasteiger partial charge on any atom is -0.487 e. The normalized spacial score (nSPS) is 12.6. The average Bonchev–Trinajstić information content (AvgIpc) is 2.71. The molecule has 0 radical (unpaired) electrons. The van der Waals surface area contributed by atoms with E-state index in [2.05, 4.69) is 10.3 Å². The molecule has 0 amide bonds. The van der Waals surface area contributed by atoms with Crippen LogP contribution in [0.1, 0.15) is 18.1 Å².